The molecule has 6 nitrogen and oxygen atoms in total. The summed E-state index contributed by atoms with van der Waals surface area (Å²) >= 11 is 0. The molecule has 2 amide bonds. The quantitative estimate of drug-likeness (QED) is 0.637. The van der Waals surface area contributed by atoms with E-state index in [1.807, 2.05) is 42.5 Å². The van der Waals surface area contributed by atoms with Crippen molar-refractivity contribution in [1.29, 1.82) is 0 Å². The molecule has 0 aliphatic carbocycles. The summed E-state index contributed by atoms with van der Waals surface area (Å²) in [5.74, 6) is 1.28. The molecule has 0 spiro atoms. The van der Waals surface area contributed by atoms with Crippen LogP contribution in [0, 0.1) is 0 Å². The number of fused-ring (bicyclic) bond motifs is 2. The molecule has 6 heteroatoms. The van der Waals surface area contributed by atoms with Crippen LogP contribution in [0.4, 0.5) is 4.79 Å². The zero-order valence-corrected chi connectivity index (χ0v) is 15.4. The maximum Gasteiger partial charge on any atom is 0.315 e. The molecule has 1 aliphatic rings. The third kappa shape index (κ3) is 4.02. The highest BCUT2D eigenvalue weighted by molar-refractivity contribution is 5.86. The zero-order valence-electron chi connectivity index (χ0n) is 15.4. The minimum absolute atomic E-state index is 0.0982. The minimum atomic E-state index is -0.834. The second-order valence-corrected chi connectivity index (χ2v) is 6.62. The first-order valence-electron chi connectivity index (χ1n) is 9.26. The van der Waals surface area contributed by atoms with Crippen molar-refractivity contribution in [2.24, 2.45) is 0 Å². The first kappa shape index (κ1) is 18.1. The second-order valence-electron chi connectivity index (χ2n) is 6.62. The minimum Gasteiger partial charge on any atom is -0.486 e. The van der Waals surface area contributed by atoms with Gasteiger partial charge in [-0.15, -0.1) is 0 Å². The Bertz CT molecular complexity index is 984. The van der Waals surface area contributed by atoms with E-state index >= 15 is 0 Å². The molecule has 3 aromatic rings. The van der Waals surface area contributed by atoms with Crippen LogP contribution in [0.1, 0.15) is 17.2 Å². The van der Waals surface area contributed by atoms with E-state index in [9.17, 15) is 9.90 Å². The summed E-state index contributed by atoms with van der Waals surface area (Å²) < 4.78 is 11.0. The number of hydrogen-bond acceptors (Lipinski definition) is 4. The summed E-state index contributed by atoms with van der Waals surface area (Å²) in [6, 6.07) is 19.0. The average molecular weight is 378 g/mol. The van der Waals surface area contributed by atoms with Gasteiger partial charge >= 0.3 is 6.03 Å². The topological polar surface area (TPSA) is 79.8 Å². The van der Waals surface area contributed by atoms with Gasteiger partial charge in [-0.2, -0.15) is 0 Å². The standard InChI is InChI=1S/C22H22N2O4/c25-19(16-8-9-20-21(12-16)28-11-10-27-20)14-24-22(26)23-13-17-6-3-5-15-4-1-2-7-18(15)17/h1-9,12,19,25H,10-11,13-14H2,(H2,23,24,26). The molecule has 0 saturated carbocycles. The van der Waals surface area contributed by atoms with E-state index in [-0.39, 0.29) is 12.6 Å². The Morgan fingerprint density at radius 1 is 0.964 bits per heavy atom. The maximum absolute atomic E-state index is 12.1. The van der Waals surface area contributed by atoms with Crippen molar-refractivity contribution in [3.8, 4) is 11.5 Å². The van der Waals surface area contributed by atoms with Gasteiger partial charge in [-0.25, -0.2) is 4.79 Å². The lowest BCUT2D eigenvalue weighted by atomic mass is 10.0. The van der Waals surface area contributed by atoms with Gasteiger partial charge < -0.3 is 25.2 Å². The molecule has 0 radical (unpaired) electrons. The Kier molecular flexibility index (Phi) is 5.30. The molecule has 28 heavy (non-hydrogen) atoms. The smallest absolute Gasteiger partial charge is 0.315 e. The summed E-state index contributed by atoms with van der Waals surface area (Å²) in [5, 5.41) is 18.2. The fourth-order valence-electron chi connectivity index (χ4n) is 3.26. The van der Waals surface area contributed by atoms with Crippen LogP contribution in [0.5, 0.6) is 11.5 Å². The first-order valence-corrected chi connectivity index (χ1v) is 9.26. The van der Waals surface area contributed by atoms with Gasteiger partial charge in [0.25, 0.3) is 0 Å². The molecule has 1 unspecified atom stereocenters. The maximum atomic E-state index is 12.1. The number of carbonyl (C=O) groups is 1. The number of aliphatic hydroxyl groups is 1. The van der Waals surface area contributed by atoms with Crippen LogP contribution in [0.25, 0.3) is 10.8 Å². The fourth-order valence-corrected chi connectivity index (χ4v) is 3.26. The molecule has 144 valence electrons. The summed E-state index contributed by atoms with van der Waals surface area (Å²) in [7, 11) is 0. The number of ether oxygens (including phenoxy) is 2. The van der Waals surface area contributed by atoms with Gasteiger partial charge in [0, 0.05) is 13.1 Å². The van der Waals surface area contributed by atoms with Crippen molar-refractivity contribution < 1.29 is 19.4 Å². The predicted octanol–water partition coefficient (Wildman–Crippen LogP) is 3.14. The van der Waals surface area contributed by atoms with Gasteiger partial charge in [-0.05, 0) is 34.0 Å². The number of carbonyl (C=O) groups excluding carboxylic acids is 1. The van der Waals surface area contributed by atoms with E-state index in [0.29, 0.717) is 36.8 Å². The van der Waals surface area contributed by atoms with Gasteiger partial charge in [0.1, 0.15) is 13.2 Å². The van der Waals surface area contributed by atoms with E-state index in [2.05, 4.69) is 10.6 Å². The highest BCUT2D eigenvalue weighted by atomic mass is 16.6. The Balaban J connectivity index is 1.32. The van der Waals surface area contributed by atoms with Crippen molar-refractivity contribution in [3.05, 3.63) is 71.8 Å². The summed E-state index contributed by atoms with van der Waals surface area (Å²) in [6.45, 7) is 1.52. The molecule has 3 N–H and O–H groups in total. The number of nitrogens with one attached hydrogen (secondary N) is 2. The third-order valence-electron chi connectivity index (χ3n) is 4.73. The molecule has 0 bridgehead atoms. The molecule has 1 heterocycles. The van der Waals surface area contributed by atoms with Crippen LogP contribution in [0.2, 0.25) is 0 Å². The fraction of sp³-hybridized carbons (Fsp3) is 0.227. The Morgan fingerprint density at radius 2 is 1.75 bits per heavy atom. The van der Waals surface area contributed by atoms with Crippen molar-refractivity contribution in [1.82, 2.24) is 10.6 Å². The van der Waals surface area contributed by atoms with Gasteiger partial charge in [0.2, 0.25) is 0 Å². The molecular weight excluding hydrogens is 356 g/mol. The summed E-state index contributed by atoms with van der Waals surface area (Å²) in [4.78, 5) is 12.1. The number of amides is 2. The van der Waals surface area contributed by atoms with Crippen molar-refractivity contribution in [3.63, 3.8) is 0 Å². The number of hydrogen-bond donors (Lipinski definition) is 3. The van der Waals surface area contributed by atoms with E-state index in [1.165, 1.54) is 0 Å². The second kappa shape index (κ2) is 8.19. The summed E-state index contributed by atoms with van der Waals surface area (Å²) in [5.41, 5.74) is 1.71. The van der Waals surface area contributed by atoms with Crippen LogP contribution in [-0.4, -0.2) is 30.9 Å². The van der Waals surface area contributed by atoms with E-state index in [1.54, 1.807) is 18.2 Å². The first-order chi connectivity index (χ1) is 13.7. The molecular formula is C22H22N2O4. The average Bonchev–Trinajstić information content (AvgIpc) is 2.75. The Morgan fingerprint density at radius 3 is 2.64 bits per heavy atom. The van der Waals surface area contributed by atoms with E-state index < -0.39 is 6.10 Å². The Labute approximate surface area is 163 Å². The van der Waals surface area contributed by atoms with Crippen LogP contribution in [-0.2, 0) is 6.54 Å². The van der Waals surface area contributed by atoms with E-state index in [4.69, 9.17) is 9.47 Å². The number of rotatable bonds is 5. The van der Waals surface area contributed by atoms with Crippen molar-refractivity contribution >= 4 is 16.8 Å². The molecule has 0 aromatic heterocycles. The van der Waals surface area contributed by atoms with Crippen LogP contribution >= 0.6 is 0 Å². The molecule has 1 aliphatic heterocycles. The van der Waals surface area contributed by atoms with Crippen molar-refractivity contribution in [2.45, 2.75) is 12.6 Å². The zero-order chi connectivity index (χ0) is 19.3. The summed E-state index contributed by atoms with van der Waals surface area (Å²) in [6.07, 6.45) is -0.834. The molecule has 0 fully saturated rings. The normalized spacial score (nSPS) is 13.8. The lowest BCUT2D eigenvalue weighted by Gasteiger charge is -2.20. The van der Waals surface area contributed by atoms with Crippen LogP contribution < -0.4 is 20.1 Å². The highest BCUT2D eigenvalue weighted by Gasteiger charge is 2.16. The number of aliphatic hydroxyl groups excluding tert-OH is 1. The number of urea groups is 1. The highest BCUT2D eigenvalue weighted by Crippen LogP contribution is 2.32. The predicted molar refractivity (Wildman–Crippen MR) is 107 cm³/mol. The molecule has 4 rings (SSSR count). The lowest BCUT2D eigenvalue weighted by molar-refractivity contribution is 0.163. The van der Waals surface area contributed by atoms with Gasteiger partial charge in [-0.1, -0.05) is 48.5 Å². The largest absolute Gasteiger partial charge is 0.486 e. The van der Waals surface area contributed by atoms with Crippen LogP contribution in [0.15, 0.2) is 60.7 Å². The molecule has 3 aromatic carbocycles. The third-order valence-corrected chi connectivity index (χ3v) is 4.73. The van der Waals surface area contributed by atoms with Gasteiger partial charge in [-0.3, -0.25) is 0 Å². The lowest BCUT2D eigenvalue weighted by Crippen LogP contribution is -2.37. The SMILES string of the molecule is O=C(NCc1cccc2ccccc12)NCC(O)c1ccc2c(c1)OCCO2. The molecule has 0 saturated heterocycles. The van der Waals surface area contributed by atoms with Gasteiger partial charge in [0.05, 0.1) is 6.10 Å². The number of benzene rings is 3. The monoisotopic (exact) mass is 378 g/mol. The molecule has 1 atom stereocenters. The van der Waals surface area contributed by atoms with Crippen molar-refractivity contribution in [2.75, 3.05) is 19.8 Å². The van der Waals surface area contributed by atoms with Gasteiger partial charge in [0.15, 0.2) is 11.5 Å². The Hall–Kier alpha value is -3.25. The van der Waals surface area contributed by atoms with E-state index in [0.717, 1.165) is 16.3 Å². The van der Waals surface area contributed by atoms with Crippen LogP contribution in [0.3, 0.4) is 0 Å².